The average molecular weight is 445 g/mol. The maximum atomic E-state index is 13.4. The molecule has 4 aliphatic carbocycles. The lowest BCUT2D eigenvalue weighted by Crippen LogP contribution is -2.55. The highest BCUT2D eigenvalue weighted by Gasteiger charge is 2.64. The molecule has 32 heavy (non-hydrogen) atoms. The maximum Gasteiger partial charge on any atom is 0.139 e. The Morgan fingerprint density at radius 1 is 1.22 bits per heavy atom. The molecular weight excluding hydrogens is 400 g/mol. The summed E-state index contributed by atoms with van der Waals surface area (Å²) in [5.74, 6) is 1.41. The van der Waals surface area contributed by atoms with Crippen molar-refractivity contribution in [1.29, 1.82) is 0 Å². The number of carbonyl (C=O) groups excluding carboxylic acids is 1. The summed E-state index contributed by atoms with van der Waals surface area (Å²) >= 11 is 0. The van der Waals surface area contributed by atoms with Crippen molar-refractivity contribution >= 4 is 5.78 Å². The van der Waals surface area contributed by atoms with Crippen molar-refractivity contribution in [1.82, 2.24) is 0 Å². The van der Waals surface area contributed by atoms with Crippen molar-refractivity contribution in [3.05, 3.63) is 23.8 Å². The Kier molecular flexibility index (Phi) is 6.09. The van der Waals surface area contributed by atoms with Gasteiger partial charge in [0.1, 0.15) is 11.9 Å². The Labute approximate surface area is 194 Å². The molecule has 0 aromatic rings. The number of carbonyl (C=O) groups is 1. The first-order valence-electron chi connectivity index (χ1n) is 12.8. The molecule has 3 saturated carbocycles. The zero-order chi connectivity index (χ0) is 23.6. The van der Waals surface area contributed by atoms with Gasteiger partial charge in [0.05, 0.1) is 17.6 Å². The van der Waals surface area contributed by atoms with Crippen LogP contribution in [-0.4, -0.2) is 38.9 Å². The highest BCUT2D eigenvalue weighted by atomic mass is 16.3. The molecule has 0 aromatic carbocycles. The molecule has 3 N–H and O–H groups in total. The summed E-state index contributed by atoms with van der Waals surface area (Å²) in [5, 5.41) is 32.5. The van der Waals surface area contributed by atoms with Gasteiger partial charge in [0.25, 0.3) is 0 Å². The lowest BCUT2D eigenvalue weighted by atomic mass is 9.46. The number of aliphatic hydroxyl groups excluding tert-OH is 2. The number of Topliss-reactive ketones (excluding diaryl/α,β-unsaturated/α-hetero) is 1. The average Bonchev–Trinajstić information content (AvgIpc) is 3.00. The first kappa shape index (κ1) is 24.2. The summed E-state index contributed by atoms with van der Waals surface area (Å²) in [6.07, 6.45) is 7.04. The third-order valence-corrected chi connectivity index (χ3v) is 10.4. The van der Waals surface area contributed by atoms with E-state index in [0.29, 0.717) is 37.0 Å². The van der Waals surface area contributed by atoms with Crippen LogP contribution in [0.5, 0.6) is 0 Å². The van der Waals surface area contributed by atoms with Crippen LogP contribution in [0, 0.1) is 40.4 Å². The number of rotatable bonds is 5. The van der Waals surface area contributed by atoms with Crippen LogP contribution in [0.3, 0.4) is 0 Å². The van der Waals surface area contributed by atoms with Crippen molar-refractivity contribution < 1.29 is 20.1 Å². The molecule has 0 aliphatic heterocycles. The zero-order valence-electron chi connectivity index (χ0n) is 20.7. The molecule has 3 fully saturated rings. The molecular formula is C28H44O4. The Morgan fingerprint density at radius 2 is 1.91 bits per heavy atom. The van der Waals surface area contributed by atoms with Gasteiger partial charge in [-0.25, -0.2) is 0 Å². The molecule has 4 rings (SSSR count). The molecule has 9 atom stereocenters. The highest BCUT2D eigenvalue weighted by Crippen LogP contribution is 2.67. The smallest absolute Gasteiger partial charge is 0.139 e. The molecule has 0 aromatic heterocycles. The van der Waals surface area contributed by atoms with E-state index in [-0.39, 0.29) is 28.4 Å². The third-order valence-electron chi connectivity index (χ3n) is 10.4. The van der Waals surface area contributed by atoms with Gasteiger partial charge in [-0.05, 0) is 91.9 Å². The monoisotopic (exact) mass is 444 g/mol. The van der Waals surface area contributed by atoms with E-state index in [1.54, 1.807) is 0 Å². The largest absolute Gasteiger partial charge is 0.390 e. The van der Waals surface area contributed by atoms with Crippen LogP contribution in [-0.2, 0) is 4.79 Å². The molecule has 4 aliphatic rings. The minimum Gasteiger partial charge on any atom is -0.390 e. The topological polar surface area (TPSA) is 77.8 Å². The van der Waals surface area contributed by atoms with Gasteiger partial charge in [-0.2, -0.15) is 0 Å². The molecule has 0 heterocycles. The predicted octanol–water partition coefficient (Wildman–Crippen LogP) is 4.82. The number of hydrogen-bond acceptors (Lipinski definition) is 4. The second kappa shape index (κ2) is 8.06. The van der Waals surface area contributed by atoms with Gasteiger partial charge in [0.15, 0.2) is 0 Å². The number of allylic oxidation sites excluding steroid dienone is 2. The van der Waals surface area contributed by atoms with Gasteiger partial charge in [0, 0.05) is 6.42 Å². The van der Waals surface area contributed by atoms with Gasteiger partial charge >= 0.3 is 0 Å². The lowest BCUT2D eigenvalue weighted by molar-refractivity contribution is -0.139. The quantitative estimate of drug-likeness (QED) is 0.531. The van der Waals surface area contributed by atoms with E-state index in [1.807, 2.05) is 6.92 Å². The number of hydrogen-bond donors (Lipinski definition) is 3. The number of aliphatic hydroxyl groups is 3. The van der Waals surface area contributed by atoms with Gasteiger partial charge < -0.3 is 15.3 Å². The molecule has 0 amide bonds. The summed E-state index contributed by atoms with van der Waals surface area (Å²) in [6, 6.07) is 0. The van der Waals surface area contributed by atoms with E-state index >= 15 is 0 Å². The molecule has 0 saturated heterocycles. The molecule has 0 radical (unpaired) electrons. The highest BCUT2D eigenvalue weighted by molar-refractivity contribution is 5.86. The molecule has 0 unspecified atom stereocenters. The van der Waals surface area contributed by atoms with Crippen molar-refractivity contribution in [3.8, 4) is 0 Å². The number of ketones is 1. The first-order chi connectivity index (χ1) is 14.8. The normalized spacial score (nSPS) is 45.5. The van der Waals surface area contributed by atoms with E-state index in [1.165, 1.54) is 0 Å². The molecule has 4 heteroatoms. The summed E-state index contributed by atoms with van der Waals surface area (Å²) < 4.78 is 0. The fourth-order valence-electron chi connectivity index (χ4n) is 8.42. The Bertz CT molecular complexity index is 810. The maximum absolute atomic E-state index is 13.4. The van der Waals surface area contributed by atoms with Gasteiger partial charge in [-0.15, -0.1) is 0 Å². The minimum atomic E-state index is -1.02. The fraction of sp³-hybridized carbons (Fsp3) is 0.821. The lowest BCUT2D eigenvalue weighted by Gasteiger charge is -2.59. The van der Waals surface area contributed by atoms with Crippen molar-refractivity contribution in [2.45, 2.75) is 104 Å². The summed E-state index contributed by atoms with van der Waals surface area (Å²) in [7, 11) is 0. The standard InChI is InChI=1S/C28H44O4/c1-16(2)17(3)9-14-28(6,32)25-23(30)15-21-18-7-8-20-24(31)22(29)11-13-26(20,4)19(18)10-12-27(21,25)5/h8,16,18-19,21-22,24-25,29,31-32H,3,7,9-15H2,1-2,4-6H3/t18-,19+,21+,22+,24-,25+,26-,27+,28+/m1/s1. The summed E-state index contributed by atoms with van der Waals surface area (Å²) in [6.45, 7) is 14.8. The first-order valence-corrected chi connectivity index (χ1v) is 12.8. The van der Waals surface area contributed by atoms with Gasteiger partial charge in [-0.3, -0.25) is 4.79 Å². The predicted molar refractivity (Wildman–Crippen MR) is 127 cm³/mol. The Balaban J connectivity index is 1.60. The Morgan fingerprint density at radius 3 is 2.56 bits per heavy atom. The zero-order valence-corrected chi connectivity index (χ0v) is 20.7. The Hall–Kier alpha value is -0.970. The second-order valence-corrected chi connectivity index (χ2v) is 12.6. The summed E-state index contributed by atoms with van der Waals surface area (Å²) in [4.78, 5) is 13.4. The molecule has 0 spiro atoms. The minimum absolute atomic E-state index is 0.0957. The SMILES string of the molecule is C=C(CC[C@](C)(O)[C@H]1C(=O)C[C@H]2[C@@H]3CC=C4[C@@H](O)[C@@H](O)CC[C@]4(C)[C@H]3CC[C@@]21C)C(C)C. The van der Waals surface area contributed by atoms with Crippen LogP contribution in [0.15, 0.2) is 23.8 Å². The van der Waals surface area contributed by atoms with E-state index in [9.17, 15) is 20.1 Å². The van der Waals surface area contributed by atoms with Gasteiger partial charge in [-0.1, -0.05) is 45.9 Å². The van der Waals surface area contributed by atoms with Crippen LogP contribution in [0.25, 0.3) is 0 Å². The fourth-order valence-corrected chi connectivity index (χ4v) is 8.42. The van der Waals surface area contributed by atoms with Crippen LogP contribution in [0.1, 0.15) is 86.0 Å². The van der Waals surface area contributed by atoms with Crippen LogP contribution >= 0.6 is 0 Å². The third kappa shape index (κ3) is 3.56. The van der Waals surface area contributed by atoms with E-state index in [2.05, 4.69) is 40.3 Å². The number of fused-ring (bicyclic) bond motifs is 5. The van der Waals surface area contributed by atoms with Crippen LogP contribution < -0.4 is 0 Å². The molecule has 180 valence electrons. The van der Waals surface area contributed by atoms with E-state index in [4.69, 9.17) is 0 Å². The van der Waals surface area contributed by atoms with Crippen molar-refractivity contribution in [2.24, 2.45) is 40.4 Å². The molecule has 0 bridgehead atoms. The van der Waals surface area contributed by atoms with Crippen LogP contribution in [0.4, 0.5) is 0 Å². The van der Waals surface area contributed by atoms with Gasteiger partial charge in [0.2, 0.25) is 0 Å². The molecule has 4 nitrogen and oxygen atoms in total. The summed E-state index contributed by atoms with van der Waals surface area (Å²) in [5.41, 5.74) is 0.866. The van der Waals surface area contributed by atoms with E-state index < -0.39 is 17.8 Å². The van der Waals surface area contributed by atoms with E-state index in [0.717, 1.165) is 43.3 Å². The second-order valence-electron chi connectivity index (χ2n) is 12.6. The van der Waals surface area contributed by atoms with Crippen molar-refractivity contribution in [3.63, 3.8) is 0 Å². The van der Waals surface area contributed by atoms with Crippen LogP contribution in [0.2, 0.25) is 0 Å². The van der Waals surface area contributed by atoms with Crippen molar-refractivity contribution in [2.75, 3.05) is 0 Å².